The van der Waals surface area contributed by atoms with Crippen molar-refractivity contribution in [2.45, 2.75) is 65.7 Å². The van der Waals surface area contributed by atoms with Crippen molar-refractivity contribution in [3.8, 4) is 0 Å². The molecular weight excluding hydrogens is 583 g/mol. The molecule has 2 rings (SSSR count). The van der Waals surface area contributed by atoms with Gasteiger partial charge in [0, 0.05) is 12.5 Å². The third kappa shape index (κ3) is 63.8. The molecule has 2 heterocycles. The quantitative estimate of drug-likeness (QED) is 0.0632. The number of primary amides is 1. The van der Waals surface area contributed by atoms with E-state index >= 15 is 0 Å². The minimum atomic E-state index is -1.17. The summed E-state index contributed by atoms with van der Waals surface area (Å²) in [6.07, 6.45) is 2.38. The van der Waals surface area contributed by atoms with Gasteiger partial charge in [-0.1, -0.05) is 12.5 Å². The number of hydrogen-bond acceptors (Lipinski definition) is 12. The van der Waals surface area contributed by atoms with Crippen molar-refractivity contribution in [3.05, 3.63) is 29.2 Å². The number of hydrogen-bond donors (Lipinski definition) is 11. The number of aliphatic hydroxyl groups excluding tert-OH is 4. The van der Waals surface area contributed by atoms with E-state index in [0.29, 0.717) is 18.7 Å². The maximum Gasteiger partial charge on any atom is 1.00 e. The van der Waals surface area contributed by atoms with Crippen LogP contribution in [0.1, 0.15) is 40.5 Å². The van der Waals surface area contributed by atoms with Crippen molar-refractivity contribution in [2.24, 2.45) is 11.7 Å². The van der Waals surface area contributed by atoms with Crippen LogP contribution in [0.25, 0.3) is 5.32 Å². The first kappa shape index (κ1) is 48.0. The molecular formula is C20H42Cu2N4O10. The van der Waals surface area contributed by atoms with Gasteiger partial charge in [0.15, 0.2) is 0 Å². The molecule has 1 saturated heterocycles. The standard InChI is InChI=1S/C6H11N2O.C6H8N2O.4C2H6O2.2Cu/c2*7-6(9)5-2-1-3-8-4-5;4*1-2(3)4;;/h5H,1-4H2,(H2,7,9);1-3,8H,4H2,(H2,7,9);4*2-4H,1H3;;/q-1;;;;;;2*+1/p-1. The first-order chi connectivity index (χ1) is 15.5. The van der Waals surface area contributed by atoms with E-state index < -0.39 is 31.1 Å². The number of carbonyl (C=O) groups is 1. The van der Waals surface area contributed by atoms with Crippen LogP contribution in [0.3, 0.4) is 0 Å². The Morgan fingerprint density at radius 1 is 1.00 bits per heavy atom. The fraction of sp³-hybridized carbons (Fsp3) is 0.700. The summed E-state index contributed by atoms with van der Waals surface area (Å²) in [6.45, 7) is 7.15. The number of amides is 1. The fourth-order valence-electron chi connectivity index (χ4n) is 1.64. The molecule has 0 spiro atoms. The summed E-state index contributed by atoms with van der Waals surface area (Å²) < 4.78 is 0. The van der Waals surface area contributed by atoms with Gasteiger partial charge in [-0.3, -0.25) is 4.79 Å². The second-order valence-corrected chi connectivity index (χ2v) is 6.66. The molecule has 2 aliphatic heterocycles. The first-order valence-corrected chi connectivity index (χ1v) is 10.3. The summed E-state index contributed by atoms with van der Waals surface area (Å²) in [5.41, 5.74) is 5.58. The van der Waals surface area contributed by atoms with Crippen molar-refractivity contribution >= 4 is 11.8 Å². The number of allylic oxidation sites excluding steroid dienone is 2. The molecule has 0 aromatic carbocycles. The van der Waals surface area contributed by atoms with Crippen LogP contribution >= 0.6 is 0 Å². The van der Waals surface area contributed by atoms with Gasteiger partial charge in [0.25, 0.3) is 0 Å². The Morgan fingerprint density at radius 2 is 1.39 bits per heavy atom. The van der Waals surface area contributed by atoms with E-state index in [1.54, 1.807) is 18.4 Å². The Balaban J connectivity index is -0.0000000781. The summed E-state index contributed by atoms with van der Waals surface area (Å²) in [5, 5.41) is 84.8. The largest absolute Gasteiger partial charge is 1.00 e. The SMILES string of the molecule is CC(O)O.CC(O)O.CC(O)O.CC(O)O.N=C([O-])C1=CC=CNC1.NC(=O)C1CCC[N-]C1.[Cu+].[Cu+]. The number of nitrogens with two attached hydrogens (primary N) is 1. The van der Waals surface area contributed by atoms with Crippen molar-refractivity contribution in [3.63, 3.8) is 0 Å². The van der Waals surface area contributed by atoms with E-state index in [4.69, 9.17) is 52.0 Å². The van der Waals surface area contributed by atoms with Crippen LogP contribution in [-0.2, 0) is 38.9 Å². The molecule has 1 unspecified atom stereocenters. The molecule has 1 amide bonds. The maximum atomic E-state index is 10.5. The molecule has 1 atom stereocenters. The average molecular weight is 626 g/mol. The van der Waals surface area contributed by atoms with Crippen molar-refractivity contribution in [1.82, 2.24) is 5.32 Å². The number of piperidine rings is 1. The van der Waals surface area contributed by atoms with Crippen LogP contribution < -0.4 is 16.2 Å². The molecule has 2 aliphatic rings. The van der Waals surface area contributed by atoms with Gasteiger partial charge in [-0.2, -0.15) is 0 Å². The number of nitrogens with one attached hydrogen (secondary N) is 2. The summed E-state index contributed by atoms with van der Waals surface area (Å²) in [7, 11) is 0. The van der Waals surface area contributed by atoms with Crippen LogP contribution in [0.15, 0.2) is 23.9 Å². The summed E-state index contributed by atoms with van der Waals surface area (Å²) in [6, 6.07) is 0. The first-order valence-electron chi connectivity index (χ1n) is 10.3. The molecule has 16 heteroatoms. The van der Waals surface area contributed by atoms with Gasteiger partial charge in [0.1, 0.15) is 25.2 Å². The molecule has 14 nitrogen and oxygen atoms in total. The third-order valence-corrected chi connectivity index (χ3v) is 2.72. The molecule has 0 saturated carbocycles. The summed E-state index contributed by atoms with van der Waals surface area (Å²) in [4.78, 5) is 10.5. The Bertz CT molecular complexity index is 512. The minimum absolute atomic E-state index is 0. The molecule has 1 fully saturated rings. The second kappa shape index (κ2) is 33.9. The molecule has 224 valence electrons. The monoisotopic (exact) mass is 624 g/mol. The van der Waals surface area contributed by atoms with Crippen molar-refractivity contribution in [1.29, 1.82) is 5.41 Å². The Morgan fingerprint density at radius 3 is 1.56 bits per heavy atom. The zero-order valence-electron chi connectivity index (χ0n) is 20.7. The third-order valence-electron chi connectivity index (χ3n) is 2.72. The summed E-state index contributed by atoms with van der Waals surface area (Å²) in [5.74, 6) is -0.774. The van der Waals surface area contributed by atoms with Gasteiger partial charge in [-0.25, -0.2) is 0 Å². The molecule has 36 heavy (non-hydrogen) atoms. The predicted octanol–water partition coefficient (Wildman–Crippen LogP) is -3.11. The van der Waals surface area contributed by atoms with E-state index in [0.717, 1.165) is 19.4 Å². The average Bonchev–Trinajstić information content (AvgIpc) is 2.68. The molecule has 12 N–H and O–H groups in total. The van der Waals surface area contributed by atoms with E-state index in [1.807, 2.05) is 0 Å². The molecule has 0 bridgehead atoms. The van der Waals surface area contributed by atoms with Gasteiger partial charge in [-0.05, 0) is 57.9 Å². The Hall–Kier alpha value is -1.10. The van der Waals surface area contributed by atoms with Crippen molar-refractivity contribution < 1.29 is 84.9 Å². The van der Waals surface area contributed by atoms with Crippen LogP contribution in [0, 0.1) is 11.3 Å². The zero-order valence-corrected chi connectivity index (χ0v) is 22.6. The van der Waals surface area contributed by atoms with E-state index in [2.05, 4.69) is 10.6 Å². The minimum Gasteiger partial charge on any atom is -0.859 e. The van der Waals surface area contributed by atoms with Crippen LogP contribution in [0.2, 0.25) is 0 Å². The molecule has 0 aliphatic carbocycles. The van der Waals surface area contributed by atoms with Crippen molar-refractivity contribution in [2.75, 3.05) is 19.6 Å². The second-order valence-electron chi connectivity index (χ2n) is 6.66. The fourth-order valence-corrected chi connectivity index (χ4v) is 1.64. The molecule has 0 radical (unpaired) electrons. The van der Waals surface area contributed by atoms with Gasteiger partial charge in [0.2, 0.25) is 5.91 Å². The smallest absolute Gasteiger partial charge is 0.859 e. The van der Waals surface area contributed by atoms with E-state index in [1.165, 1.54) is 27.7 Å². The van der Waals surface area contributed by atoms with Gasteiger partial charge in [0.05, 0.1) is 0 Å². The van der Waals surface area contributed by atoms with Gasteiger partial charge >= 0.3 is 34.1 Å². The Labute approximate surface area is 233 Å². The van der Waals surface area contributed by atoms with Gasteiger partial charge in [-0.15, -0.1) is 13.1 Å². The van der Waals surface area contributed by atoms with Gasteiger partial charge < -0.3 is 67.7 Å². The van der Waals surface area contributed by atoms with Crippen LogP contribution in [0.4, 0.5) is 0 Å². The zero-order chi connectivity index (χ0) is 27.7. The maximum absolute atomic E-state index is 10.5. The molecule has 0 aromatic heterocycles. The van der Waals surface area contributed by atoms with E-state index in [-0.39, 0.29) is 46.0 Å². The Kier molecular flexibility index (Phi) is 45.2. The van der Waals surface area contributed by atoms with Crippen LogP contribution in [-0.4, -0.2) is 97.5 Å². The number of rotatable bonds is 2. The normalized spacial score (nSPS) is 15.0. The predicted molar refractivity (Wildman–Crippen MR) is 124 cm³/mol. The van der Waals surface area contributed by atoms with Crippen LogP contribution in [0.5, 0.6) is 0 Å². The number of carbonyl (C=O) groups excluding carboxylic acids is 1. The summed E-state index contributed by atoms with van der Waals surface area (Å²) >= 11 is 0. The van der Waals surface area contributed by atoms with E-state index in [9.17, 15) is 9.90 Å². The number of dihydropyridines is 1. The number of nitrogens with zero attached hydrogens (tertiary/aromatic N) is 1. The topological polar surface area (TPSA) is 278 Å². The number of aliphatic hydroxyl groups is 8. The molecule has 0 aromatic rings.